The van der Waals surface area contributed by atoms with Gasteiger partial charge in [0.1, 0.15) is 9.84 Å². The normalized spacial score (nSPS) is 11.4. The monoisotopic (exact) mass is 261 g/mol. The molecule has 0 unspecified atom stereocenters. The van der Waals surface area contributed by atoms with Crippen LogP contribution in [0.3, 0.4) is 0 Å². The summed E-state index contributed by atoms with van der Waals surface area (Å²) in [5, 5.41) is 0. The zero-order valence-electron chi connectivity index (χ0n) is 10.2. The van der Waals surface area contributed by atoms with Gasteiger partial charge in [0, 0.05) is 18.6 Å². The van der Waals surface area contributed by atoms with Crippen LogP contribution in [0.15, 0.2) is 48.8 Å². The van der Waals surface area contributed by atoms with E-state index in [2.05, 4.69) is 4.98 Å². The number of hydrogen-bond acceptors (Lipinski definition) is 3. The summed E-state index contributed by atoms with van der Waals surface area (Å²) in [6.07, 6.45) is 5.22. The Morgan fingerprint density at radius 1 is 1.11 bits per heavy atom. The van der Waals surface area contributed by atoms with E-state index in [9.17, 15) is 8.42 Å². The first-order valence-electron chi connectivity index (χ1n) is 5.72. The summed E-state index contributed by atoms with van der Waals surface area (Å²) in [4.78, 5) is 4.08. The van der Waals surface area contributed by atoms with Crippen LogP contribution in [-0.4, -0.2) is 25.4 Å². The molecule has 94 valence electrons. The molecule has 0 aliphatic rings. The first-order valence-corrected chi connectivity index (χ1v) is 7.78. The molecule has 0 fully saturated rings. The molecule has 0 amide bonds. The molecular formula is C14H15NO2S. The third-order valence-electron chi connectivity index (χ3n) is 2.73. The predicted molar refractivity (Wildman–Crippen MR) is 73.1 cm³/mol. The van der Waals surface area contributed by atoms with Gasteiger partial charge in [0.15, 0.2) is 0 Å². The number of aromatic nitrogens is 1. The minimum absolute atomic E-state index is 0.151. The van der Waals surface area contributed by atoms with Crippen molar-refractivity contribution in [3.63, 3.8) is 0 Å². The highest BCUT2D eigenvalue weighted by Crippen LogP contribution is 2.23. The Hall–Kier alpha value is -1.68. The maximum absolute atomic E-state index is 11.2. The van der Waals surface area contributed by atoms with E-state index in [1.54, 1.807) is 12.4 Å². The van der Waals surface area contributed by atoms with Gasteiger partial charge in [-0.15, -0.1) is 0 Å². The van der Waals surface area contributed by atoms with Crippen molar-refractivity contribution >= 4 is 9.84 Å². The van der Waals surface area contributed by atoms with Crippen LogP contribution in [0.25, 0.3) is 11.1 Å². The van der Waals surface area contributed by atoms with Gasteiger partial charge in [-0.2, -0.15) is 0 Å². The average molecular weight is 261 g/mol. The van der Waals surface area contributed by atoms with E-state index in [4.69, 9.17) is 0 Å². The van der Waals surface area contributed by atoms with Crippen molar-refractivity contribution in [3.05, 3.63) is 54.4 Å². The lowest BCUT2D eigenvalue weighted by atomic mass is 10.0. The van der Waals surface area contributed by atoms with Gasteiger partial charge in [0.25, 0.3) is 0 Å². The Balaban J connectivity index is 2.32. The smallest absolute Gasteiger partial charge is 0.147 e. The summed E-state index contributed by atoms with van der Waals surface area (Å²) in [5.74, 6) is 0.151. The zero-order chi connectivity index (χ0) is 13.0. The quantitative estimate of drug-likeness (QED) is 0.848. The van der Waals surface area contributed by atoms with Gasteiger partial charge in [-0.25, -0.2) is 8.42 Å². The Labute approximate surface area is 107 Å². The summed E-state index contributed by atoms with van der Waals surface area (Å²) in [6, 6.07) is 11.8. The van der Waals surface area contributed by atoms with Crippen LogP contribution >= 0.6 is 0 Å². The molecule has 3 nitrogen and oxygen atoms in total. The molecular weight excluding hydrogens is 246 g/mol. The summed E-state index contributed by atoms with van der Waals surface area (Å²) < 4.78 is 22.5. The van der Waals surface area contributed by atoms with Crippen LogP contribution in [-0.2, 0) is 16.3 Å². The maximum Gasteiger partial charge on any atom is 0.147 e. The van der Waals surface area contributed by atoms with E-state index in [1.165, 1.54) is 6.26 Å². The molecule has 2 rings (SSSR count). The van der Waals surface area contributed by atoms with Gasteiger partial charge >= 0.3 is 0 Å². The highest BCUT2D eigenvalue weighted by molar-refractivity contribution is 7.90. The Morgan fingerprint density at radius 2 is 1.83 bits per heavy atom. The molecule has 0 N–H and O–H groups in total. The summed E-state index contributed by atoms with van der Waals surface area (Å²) in [7, 11) is -2.95. The molecule has 1 heterocycles. The Kier molecular flexibility index (Phi) is 3.77. The fraction of sp³-hybridized carbons (Fsp3) is 0.214. The zero-order valence-corrected chi connectivity index (χ0v) is 11.0. The molecule has 1 aromatic heterocycles. The second-order valence-corrected chi connectivity index (χ2v) is 6.54. The van der Waals surface area contributed by atoms with Gasteiger partial charge in [-0.3, -0.25) is 4.98 Å². The van der Waals surface area contributed by atoms with Gasteiger partial charge in [-0.1, -0.05) is 30.3 Å². The number of pyridine rings is 1. The van der Waals surface area contributed by atoms with Crippen LogP contribution in [0.2, 0.25) is 0 Å². The first-order chi connectivity index (χ1) is 8.56. The molecule has 2 aromatic rings. The molecule has 0 radical (unpaired) electrons. The third-order valence-corrected chi connectivity index (χ3v) is 3.68. The van der Waals surface area contributed by atoms with Crippen LogP contribution in [0.5, 0.6) is 0 Å². The van der Waals surface area contributed by atoms with Crippen molar-refractivity contribution in [2.75, 3.05) is 12.0 Å². The van der Waals surface area contributed by atoms with E-state index in [0.717, 1.165) is 16.7 Å². The van der Waals surface area contributed by atoms with E-state index in [1.807, 2.05) is 36.4 Å². The van der Waals surface area contributed by atoms with Gasteiger partial charge in [0.05, 0.1) is 5.75 Å². The van der Waals surface area contributed by atoms with Crippen LogP contribution in [0.4, 0.5) is 0 Å². The largest absolute Gasteiger partial charge is 0.264 e. The Bertz CT molecular complexity index is 621. The lowest BCUT2D eigenvalue weighted by molar-refractivity contribution is 0.601. The fourth-order valence-corrected chi connectivity index (χ4v) is 2.41. The van der Waals surface area contributed by atoms with Crippen molar-refractivity contribution in [1.29, 1.82) is 0 Å². The molecule has 0 aliphatic carbocycles. The molecule has 0 spiro atoms. The number of aryl methyl sites for hydroxylation is 1. The van der Waals surface area contributed by atoms with E-state index in [0.29, 0.717) is 6.42 Å². The van der Waals surface area contributed by atoms with Crippen LogP contribution in [0.1, 0.15) is 5.56 Å². The van der Waals surface area contributed by atoms with Gasteiger partial charge in [-0.05, 0) is 29.2 Å². The standard InChI is InChI=1S/C14H15NO2S/c1-18(16,17)10-8-13-11-15-9-7-14(13)12-5-3-2-4-6-12/h2-7,9,11H,8,10H2,1H3. The van der Waals surface area contributed by atoms with Gasteiger partial charge in [0.2, 0.25) is 0 Å². The molecule has 0 saturated carbocycles. The summed E-state index contributed by atoms with van der Waals surface area (Å²) in [5.41, 5.74) is 3.10. The summed E-state index contributed by atoms with van der Waals surface area (Å²) in [6.45, 7) is 0. The lowest BCUT2D eigenvalue weighted by Crippen LogP contribution is -2.06. The van der Waals surface area contributed by atoms with Crippen LogP contribution < -0.4 is 0 Å². The third kappa shape index (κ3) is 3.40. The molecule has 0 aliphatic heterocycles. The van der Waals surface area contributed by atoms with Crippen molar-refractivity contribution in [3.8, 4) is 11.1 Å². The molecule has 4 heteroatoms. The number of rotatable bonds is 4. The first kappa shape index (κ1) is 12.8. The molecule has 0 saturated heterocycles. The average Bonchev–Trinajstić information content (AvgIpc) is 2.37. The number of sulfone groups is 1. The fourth-order valence-electron chi connectivity index (χ4n) is 1.82. The molecule has 0 atom stereocenters. The maximum atomic E-state index is 11.2. The number of hydrogen-bond donors (Lipinski definition) is 0. The highest BCUT2D eigenvalue weighted by Gasteiger charge is 2.08. The lowest BCUT2D eigenvalue weighted by Gasteiger charge is -2.08. The topological polar surface area (TPSA) is 47.0 Å². The predicted octanol–water partition coefficient (Wildman–Crippen LogP) is 2.34. The number of nitrogens with zero attached hydrogens (tertiary/aromatic N) is 1. The van der Waals surface area contributed by atoms with E-state index in [-0.39, 0.29) is 5.75 Å². The summed E-state index contributed by atoms with van der Waals surface area (Å²) >= 11 is 0. The van der Waals surface area contributed by atoms with Gasteiger partial charge < -0.3 is 0 Å². The molecule has 0 bridgehead atoms. The molecule has 1 aromatic carbocycles. The van der Waals surface area contributed by atoms with E-state index >= 15 is 0 Å². The van der Waals surface area contributed by atoms with Crippen molar-refractivity contribution in [2.24, 2.45) is 0 Å². The minimum atomic E-state index is -2.95. The van der Waals surface area contributed by atoms with Crippen molar-refractivity contribution in [2.45, 2.75) is 6.42 Å². The second kappa shape index (κ2) is 5.31. The number of benzene rings is 1. The van der Waals surface area contributed by atoms with Crippen molar-refractivity contribution < 1.29 is 8.42 Å². The Morgan fingerprint density at radius 3 is 2.50 bits per heavy atom. The van der Waals surface area contributed by atoms with E-state index < -0.39 is 9.84 Å². The van der Waals surface area contributed by atoms with Crippen LogP contribution in [0, 0.1) is 0 Å². The SMILES string of the molecule is CS(=O)(=O)CCc1cnccc1-c1ccccc1. The van der Waals surface area contributed by atoms with Crippen molar-refractivity contribution in [1.82, 2.24) is 4.98 Å². The second-order valence-electron chi connectivity index (χ2n) is 4.28. The highest BCUT2D eigenvalue weighted by atomic mass is 32.2. The molecule has 18 heavy (non-hydrogen) atoms. The minimum Gasteiger partial charge on any atom is -0.264 e.